The Morgan fingerprint density at radius 1 is 1.15 bits per heavy atom. The van der Waals surface area contributed by atoms with Gasteiger partial charge < -0.3 is 19.3 Å². The number of ether oxygens (including phenoxy) is 2. The summed E-state index contributed by atoms with van der Waals surface area (Å²) in [5.41, 5.74) is -0.976. The van der Waals surface area contributed by atoms with Crippen molar-refractivity contribution >= 4 is 24.3 Å². The molecule has 0 saturated carbocycles. The van der Waals surface area contributed by atoms with Gasteiger partial charge in [-0.2, -0.15) is 31.8 Å². The number of alkyl halides is 3. The molecule has 1 aromatic rings. The van der Waals surface area contributed by atoms with Crippen LogP contribution in [0.5, 0.6) is 0 Å². The van der Waals surface area contributed by atoms with Crippen LogP contribution < -0.4 is 0 Å². The molecule has 18 heteroatoms. The summed E-state index contributed by atoms with van der Waals surface area (Å²) in [5.74, 6) is -0.585. The van der Waals surface area contributed by atoms with E-state index in [4.69, 9.17) is 9.26 Å². The molecule has 0 bridgehead atoms. The Labute approximate surface area is 230 Å². The van der Waals surface area contributed by atoms with Gasteiger partial charge in [0.25, 0.3) is 0 Å². The molecule has 2 aliphatic rings. The first kappa shape index (κ1) is 32.8. The molecule has 2 aliphatic heterocycles. The molecule has 3 rings (SSSR count). The predicted octanol–water partition coefficient (Wildman–Crippen LogP) is 2.01. The third-order valence-corrected chi connectivity index (χ3v) is 9.26. The number of likely N-dealkylation sites (tertiary alicyclic amines) is 1. The highest BCUT2D eigenvalue weighted by molar-refractivity contribution is 7.89. The molecule has 1 aromatic carbocycles. The normalized spacial score (nSPS) is 19.7. The second-order valence-corrected chi connectivity index (χ2v) is 13.1. The van der Waals surface area contributed by atoms with Crippen LogP contribution in [-0.2, 0) is 28.5 Å². The van der Waals surface area contributed by atoms with Crippen molar-refractivity contribution in [2.75, 3.05) is 66.6 Å². The zero-order chi connectivity index (χ0) is 29.8. The number of halogens is 4. The van der Waals surface area contributed by atoms with E-state index < -0.39 is 54.6 Å². The van der Waals surface area contributed by atoms with Crippen molar-refractivity contribution in [2.24, 2.45) is 0 Å². The van der Waals surface area contributed by atoms with Crippen LogP contribution in [0.25, 0.3) is 0 Å². The highest BCUT2D eigenvalue weighted by Gasteiger charge is 2.50. The molecule has 1 amide bonds. The molecule has 2 fully saturated rings. The average Bonchev–Trinajstić information content (AvgIpc) is 2.86. The number of likely N-dealkylation sites (N-methyl/N-ethyl adjacent to an activating group) is 1. The number of nitrogens with zero attached hydrogens (tertiary/aromatic N) is 3. The predicted molar refractivity (Wildman–Crippen MR) is 133 cm³/mol. The Morgan fingerprint density at radius 2 is 1.77 bits per heavy atom. The van der Waals surface area contributed by atoms with E-state index in [0.717, 1.165) is 29.2 Å². The fraction of sp³-hybridized carbons (Fsp3) is 0.682. The second-order valence-electron chi connectivity index (χ2n) is 9.65. The fourth-order valence-corrected chi connectivity index (χ4v) is 6.33. The number of morpholine rings is 1. The molecular formula is C22H33F4N3O9PS+. The number of carbonyl (C=O) groups excluding carboxylic acids is 1. The van der Waals surface area contributed by atoms with Crippen LogP contribution in [0.4, 0.5) is 22.4 Å². The summed E-state index contributed by atoms with van der Waals surface area (Å²) in [6, 6.07) is 4.38. The quantitative estimate of drug-likeness (QED) is 0.295. The van der Waals surface area contributed by atoms with Crippen LogP contribution in [0.3, 0.4) is 0 Å². The van der Waals surface area contributed by atoms with Crippen molar-refractivity contribution in [2.45, 2.75) is 35.6 Å². The van der Waals surface area contributed by atoms with E-state index in [-0.39, 0.29) is 63.7 Å². The van der Waals surface area contributed by atoms with Crippen LogP contribution in [0.15, 0.2) is 29.2 Å². The third kappa shape index (κ3) is 8.90. The molecule has 0 radical (unpaired) electrons. The first-order valence-electron chi connectivity index (χ1n) is 12.2. The van der Waals surface area contributed by atoms with Gasteiger partial charge in [-0.3, -0.25) is 0 Å². The number of piperidine rings is 1. The van der Waals surface area contributed by atoms with Gasteiger partial charge in [0.2, 0.25) is 16.1 Å². The Kier molecular flexibility index (Phi) is 10.7. The minimum atomic E-state index is -5.07. The molecule has 12 nitrogen and oxygen atoms in total. The molecule has 228 valence electrons. The smallest absolute Gasteiger partial charge is 0.434 e. The average molecular weight is 623 g/mol. The van der Waals surface area contributed by atoms with Gasteiger partial charge >= 0.3 is 20.4 Å². The number of benzene rings is 1. The highest BCUT2D eigenvalue weighted by Crippen LogP contribution is 2.52. The van der Waals surface area contributed by atoms with Crippen LogP contribution in [-0.4, -0.2) is 123 Å². The first-order valence-corrected chi connectivity index (χ1v) is 15.2. The number of hydrogen-bond donors (Lipinski definition) is 2. The highest BCUT2D eigenvalue weighted by atomic mass is 32.2. The second kappa shape index (κ2) is 13.1. The van der Waals surface area contributed by atoms with Gasteiger partial charge in [-0.15, -0.1) is 4.52 Å². The maximum Gasteiger partial charge on any atom is 0.570 e. The van der Waals surface area contributed by atoms with Crippen molar-refractivity contribution in [3.8, 4) is 0 Å². The van der Waals surface area contributed by atoms with Crippen molar-refractivity contribution in [1.29, 1.82) is 0 Å². The van der Waals surface area contributed by atoms with E-state index in [1.165, 1.54) is 4.31 Å². The molecule has 1 spiro atoms. The summed E-state index contributed by atoms with van der Waals surface area (Å²) >= 11 is 0. The van der Waals surface area contributed by atoms with E-state index in [1.807, 2.05) is 0 Å². The lowest BCUT2D eigenvalue weighted by Crippen LogP contribution is -2.58. The molecule has 0 unspecified atom stereocenters. The fourth-order valence-electron chi connectivity index (χ4n) is 4.11. The monoisotopic (exact) mass is 622 g/mol. The van der Waals surface area contributed by atoms with Gasteiger partial charge in [0, 0.05) is 32.7 Å². The third-order valence-electron chi connectivity index (χ3n) is 6.40. The maximum atomic E-state index is 13.5. The maximum absolute atomic E-state index is 13.5. The van der Waals surface area contributed by atoms with Crippen LogP contribution >= 0.6 is 8.17 Å². The largest absolute Gasteiger partial charge is 0.570 e. The zero-order valence-corrected chi connectivity index (χ0v) is 23.6. The number of hydrogen-bond acceptors (Lipinski definition) is 10. The lowest BCUT2D eigenvalue weighted by molar-refractivity contribution is -0.215. The summed E-state index contributed by atoms with van der Waals surface area (Å²) in [4.78, 5) is 34.6. The van der Waals surface area contributed by atoms with E-state index in [9.17, 15) is 40.6 Å². The Morgan fingerprint density at radius 3 is 2.35 bits per heavy atom. The van der Waals surface area contributed by atoms with Crippen molar-refractivity contribution in [3.05, 3.63) is 30.1 Å². The van der Waals surface area contributed by atoms with E-state index in [1.54, 1.807) is 19.0 Å². The Bertz CT molecular complexity index is 1100. The summed E-state index contributed by atoms with van der Waals surface area (Å²) in [6.45, 7) is -1.47. The summed E-state index contributed by atoms with van der Waals surface area (Å²) in [5, 5.41) is 0. The zero-order valence-electron chi connectivity index (χ0n) is 21.9. The van der Waals surface area contributed by atoms with Gasteiger partial charge in [0.05, 0.1) is 17.1 Å². The lowest BCUT2D eigenvalue weighted by Gasteiger charge is -2.46. The van der Waals surface area contributed by atoms with Crippen molar-refractivity contribution in [1.82, 2.24) is 14.1 Å². The number of amides is 1. The van der Waals surface area contributed by atoms with Gasteiger partial charge in [-0.05, 0) is 51.2 Å². The number of rotatable bonds is 10. The minimum absolute atomic E-state index is 0.0543. The Balaban J connectivity index is 1.56. The van der Waals surface area contributed by atoms with Crippen LogP contribution in [0.1, 0.15) is 12.8 Å². The molecule has 2 heterocycles. The molecule has 40 heavy (non-hydrogen) atoms. The minimum Gasteiger partial charge on any atom is -0.434 e. The SMILES string of the molecule is CN(C)CCO[P+](O)(O)OC[C@@H](OC(=O)N1CCC2(CC1)CN(S(=O)(=O)c1ccc(F)cc1)CCO2)C(F)(F)F. The van der Waals surface area contributed by atoms with Crippen molar-refractivity contribution < 1.29 is 59.1 Å². The first-order chi connectivity index (χ1) is 18.5. The summed E-state index contributed by atoms with van der Waals surface area (Å²) < 4.78 is 101. The summed E-state index contributed by atoms with van der Waals surface area (Å²) in [6.07, 6.45) is -8.94. The van der Waals surface area contributed by atoms with Crippen molar-refractivity contribution in [3.63, 3.8) is 0 Å². The Hall–Kier alpha value is -1.69. The van der Waals surface area contributed by atoms with E-state index >= 15 is 0 Å². The van der Waals surface area contributed by atoms with E-state index in [0.29, 0.717) is 0 Å². The lowest BCUT2D eigenvalue weighted by atomic mass is 9.90. The molecule has 0 aromatic heterocycles. The van der Waals surface area contributed by atoms with Gasteiger partial charge in [0.1, 0.15) is 19.0 Å². The topological polar surface area (TPSA) is 138 Å². The standard InChI is InChI=1S/C22H33F4N3O9PS/c1-27(2)11-14-36-39(31,32)37-15-19(22(24,25)26)38-20(30)28-9-7-21(8-10-28)16-29(12-13-35-21)40(33,34)18-5-3-17(23)4-6-18/h3-6,19,31-32H,7-16H2,1-2H3/q+1/t19-/m1/s1. The molecule has 2 saturated heterocycles. The summed E-state index contributed by atoms with van der Waals surface area (Å²) in [7, 11) is -5.19. The number of carbonyl (C=O) groups is 1. The van der Waals surface area contributed by atoms with Gasteiger partial charge in [0.15, 0.2) is 0 Å². The van der Waals surface area contributed by atoms with Gasteiger partial charge in [-0.25, -0.2) is 17.6 Å². The van der Waals surface area contributed by atoms with E-state index in [2.05, 4.69) is 9.26 Å². The molecule has 1 atom stereocenters. The van der Waals surface area contributed by atoms with Crippen LogP contribution in [0.2, 0.25) is 0 Å². The number of sulfonamides is 1. The molecule has 0 aliphatic carbocycles. The molecule has 2 N–H and O–H groups in total. The van der Waals surface area contributed by atoms with Gasteiger partial charge in [-0.1, -0.05) is 0 Å². The molecular weight excluding hydrogens is 589 g/mol. The van der Waals surface area contributed by atoms with Crippen LogP contribution in [0, 0.1) is 5.82 Å².